The Labute approximate surface area is 120 Å². The van der Waals surface area contributed by atoms with Crippen molar-refractivity contribution in [1.29, 1.82) is 0 Å². The fourth-order valence-electron chi connectivity index (χ4n) is 2.34. The van der Waals surface area contributed by atoms with Crippen LogP contribution in [0.4, 0.5) is 0 Å². The lowest BCUT2D eigenvalue weighted by molar-refractivity contribution is 0.354. The molecule has 0 spiro atoms. The van der Waals surface area contributed by atoms with Gasteiger partial charge in [-0.2, -0.15) is 0 Å². The fraction of sp³-hybridized carbons (Fsp3) is 0.600. The molecule has 0 radical (unpaired) electrons. The number of nitrogens with one attached hydrogen (secondary N) is 1. The van der Waals surface area contributed by atoms with Gasteiger partial charge >= 0.3 is 0 Å². The summed E-state index contributed by atoms with van der Waals surface area (Å²) in [6, 6.07) is 6.34. The summed E-state index contributed by atoms with van der Waals surface area (Å²) in [6.45, 7) is 5.64. The first-order valence-electron chi connectivity index (χ1n) is 6.72. The van der Waals surface area contributed by atoms with Crippen LogP contribution in [0.1, 0.15) is 38.7 Å². The zero-order valence-corrected chi connectivity index (χ0v) is 12.6. The summed E-state index contributed by atoms with van der Waals surface area (Å²) in [5, 5.41) is 5.17. The van der Waals surface area contributed by atoms with E-state index in [-0.39, 0.29) is 0 Å². The van der Waals surface area contributed by atoms with Gasteiger partial charge in [0, 0.05) is 16.1 Å². The van der Waals surface area contributed by atoms with Crippen LogP contribution in [0.2, 0.25) is 10.0 Å². The molecule has 0 saturated heterocycles. The Hall–Kier alpha value is -0.240. The summed E-state index contributed by atoms with van der Waals surface area (Å²) in [5.41, 5.74) is 1.65. The van der Waals surface area contributed by atoms with Crippen LogP contribution in [0.3, 0.4) is 0 Å². The van der Waals surface area contributed by atoms with Crippen molar-refractivity contribution in [3.8, 4) is 0 Å². The zero-order valence-electron chi connectivity index (χ0n) is 11.1. The molecule has 1 aliphatic carbocycles. The summed E-state index contributed by atoms with van der Waals surface area (Å²) < 4.78 is 0. The number of halogens is 2. The standard InChI is InChI=1S/C15H21Cl2N/c1-3-8-18-14(15(2)6-7-15)9-11-4-5-12(16)10-13(11)17/h4-5,10,14,18H,3,6-9H2,1-2H3. The molecule has 1 saturated carbocycles. The highest BCUT2D eigenvalue weighted by atomic mass is 35.5. The maximum absolute atomic E-state index is 6.27. The summed E-state index contributed by atoms with van der Waals surface area (Å²) >= 11 is 12.2. The SMILES string of the molecule is CCCNC(Cc1ccc(Cl)cc1Cl)C1(C)CC1. The van der Waals surface area contributed by atoms with Gasteiger partial charge in [0.2, 0.25) is 0 Å². The Morgan fingerprint density at radius 1 is 1.33 bits per heavy atom. The van der Waals surface area contributed by atoms with Crippen LogP contribution in [0.25, 0.3) is 0 Å². The van der Waals surface area contributed by atoms with Crippen molar-refractivity contribution >= 4 is 23.2 Å². The molecule has 1 fully saturated rings. The summed E-state index contributed by atoms with van der Waals surface area (Å²) in [7, 11) is 0. The predicted molar refractivity (Wildman–Crippen MR) is 79.6 cm³/mol. The van der Waals surface area contributed by atoms with Crippen LogP contribution in [0.15, 0.2) is 18.2 Å². The first-order valence-corrected chi connectivity index (χ1v) is 7.48. The van der Waals surface area contributed by atoms with Crippen LogP contribution < -0.4 is 5.32 Å². The Morgan fingerprint density at radius 3 is 2.61 bits per heavy atom. The van der Waals surface area contributed by atoms with E-state index in [2.05, 4.69) is 25.2 Å². The molecule has 2 rings (SSSR count). The second kappa shape index (κ2) is 5.81. The molecule has 3 heteroatoms. The fourth-order valence-corrected chi connectivity index (χ4v) is 2.82. The quantitative estimate of drug-likeness (QED) is 0.799. The number of hydrogen-bond acceptors (Lipinski definition) is 1. The second-order valence-electron chi connectivity index (χ2n) is 5.60. The third-order valence-electron chi connectivity index (χ3n) is 3.96. The van der Waals surface area contributed by atoms with E-state index in [1.54, 1.807) is 0 Å². The van der Waals surface area contributed by atoms with Crippen molar-refractivity contribution in [2.24, 2.45) is 5.41 Å². The molecule has 1 aromatic carbocycles. The minimum Gasteiger partial charge on any atom is -0.313 e. The monoisotopic (exact) mass is 285 g/mol. The first kappa shape index (κ1) is 14.2. The first-order chi connectivity index (χ1) is 8.55. The molecule has 1 nitrogen and oxygen atoms in total. The highest BCUT2D eigenvalue weighted by Crippen LogP contribution is 2.49. The van der Waals surface area contributed by atoms with E-state index >= 15 is 0 Å². The van der Waals surface area contributed by atoms with Gasteiger partial charge in [-0.1, -0.05) is 43.1 Å². The van der Waals surface area contributed by atoms with Gasteiger partial charge in [-0.05, 0) is 55.3 Å². The lowest BCUT2D eigenvalue weighted by Gasteiger charge is -2.25. The summed E-state index contributed by atoms with van der Waals surface area (Å²) in [6.07, 6.45) is 4.80. The van der Waals surface area contributed by atoms with E-state index in [4.69, 9.17) is 23.2 Å². The van der Waals surface area contributed by atoms with E-state index in [9.17, 15) is 0 Å². The average Bonchev–Trinajstić information content (AvgIpc) is 3.06. The van der Waals surface area contributed by atoms with Crippen LogP contribution >= 0.6 is 23.2 Å². The van der Waals surface area contributed by atoms with Crippen molar-refractivity contribution in [3.05, 3.63) is 33.8 Å². The van der Waals surface area contributed by atoms with E-state index in [0.717, 1.165) is 18.0 Å². The number of rotatable bonds is 6. The maximum Gasteiger partial charge on any atom is 0.0453 e. The molecule has 1 N–H and O–H groups in total. The van der Waals surface area contributed by atoms with Crippen LogP contribution in [-0.4, -0.2) is 12.6 Å². The lowest BCUT2D eigenvalue weighted by atomic mass is 9.92. The lowest BCUT2D eigenvalue weighted by Crippen LogP contribution is -2.38. The smallest absolute Gasteiger partial charge is 0.0453 e. The van der Waals surface area contributed by atoms with Gasteiger partial charge in [-0.15, -0.1) is 0 Å². The summed E-state index contributed by atoms with van der Waals surface area (Å²) in [5.74, 6) is 0. The largest absolute Gasteiger partial charge is 0.313 e. The van der Waals surface area contributed by atoms with Crippen molar-refractivity contribution in [1.82, 2.24) is 5.32 Å². The van der Waals surface area contributed by atoms with Gasteiger partial charge in [0.25, 0.3) is 0 Å². The van der Waals surface area contributed by atoms with Gasteiger partial charge in [-0.3, -0.25) is 0 Å². The molecule has 0 aliphatic heterocycles. The molecule has 100 valence electrons. The Morgan fingerprint density at radius 2 is 2.06 bits per heavy atom. The molecule has 0 aromatic heterocycles. The molecular weight excluding hydrogens is 265 g/mol. The number of benzene rings is 1. The highest BCUT2D eigenvalue weighted by Gasteiger charge is 2.44. The van der Waals surface area contributed by atoms with Gasteiger partial charge in [0.05, 0.1) is 0 Å². The van der Waals surface area contributed by atoms with E-state index in [1.807, 2.05) is 12.1 Å². The molecule has 1 unspecified atom stereocenters. The third-order valence-corrected chi connectivity index (χ3v) is 4.55. The van der Waals surface area contributed by atoms with Crippen LogP contribution in [0.5, 0.6) is 0 Å². The Kier molecular flexibility index (Phi) is 4.58. The van der Waals surface area contributed by atoms with E-state index in [0.29, 0.717) is 16.5 Å². The maximum atomic E-state index is 6.27. The highest BCUT2D eigenvalue weighted by molar-refractivity contribution is 6.35. The van der Waals surface area contributed by atoms with E-state index < -0.39 is 0 Å². The van der Waals surface area contributed by atoms with Crippen molar-refractivity contribution < 1.29 is 0 Å². The minimum atomic E-state index is 0.456. The molecule has 0 bridgehead atoms. The Balaban J connectivity index is 2.08. The zero-order chi connectivity index (χ0) is 13.2. The third kappa shape index (κ3) is 3.40. The van der Waals surface area contributed by atoms with Gasteiger partial charge in [-0.25, -0.2) is 0 Å². The Bertz CT molecular complexity index is 413. The minimum absolute atomic E-state index is 0.456. The topological polar surface area (TPSA) is 12.0 Å². The summed E-state index contributed by atoms with van der Waals surface area (Å²) in [4.78, 5) is 0. The van der Waals surface area contributed by atoms with Crippen molar-refractivity contribution in [2.75, 3.05) is 6.54 Å². The molecule has 0 amide bonds. The van der Waals surface area contributed by atoms with Gasteiger partial charge in [0.1, 0.15) is 0 Å². The number of hydrogen-bond donors (Lipinski definition) is 1. The molecular formula is C15H21Cl2N. The van der Waals surface area contributed by atoms with Crippen molar-refractivity contribution in [3.63, 3.8) is 0 Å². The molecule has 1 atom stereocenters. The molecule has 0 heterocycles. The molecule has 1 aliphatic rings. The van der Waals surface area contributed by atoms with Gasteiger partial charge in [0.15, 0.2) is 0 Å². The molecule has 1 aromatic rings. The second-order valence-corrected chi connectivity index (χ2v) is 6.44. The van der Waals surface area contributed by atoms with E-state index in [1.165, 1.54) is 24.8 Å². The average molecular weight is 286 g/mol. The normalized spacial score (nSPS) is 18.7. The van der Waals surface area contributed by atoms with Crippen LogP contribution in [0, 0.1) is 5.41 Å². The molecule has 18 heavy (non-hydrogen) atoms. The van der Waals surface area contributed by atoms with Crippen LogP contribution in [-0.2, 0) is 6.42 Å². The van der Waals surface area contributed by atoms with Crippen molar-refractivity contribution in [2.45, 2.75) is 45.6 Å². The van der Waals surface area contributed by atoms with Gasteiger partial charge < -0.3 is 5.32 Å². The predicted octanol–water partition coefficient (Wildman–Crippen LogP) is 4.70.